The Labute approximate surface area is 113 Å². The predicted octanol–water partition coefficient (Wildman–Crippen LogP) is 2.08. The van der Waals surface area contributed by atoms with E-state index in [2.05, 4.69) is 16.8 Å². The fraction of sp³-hybridized carbons (Fsp3) is 0.571. The SMILES string of the molecule is CCOC(=O)c1cc(N)cnc1N(CC)CC1CC1. The molecule has 5 nitrogen and oxygen atoms in total. The number of anilines is 2. The molecule has 2 rings (SSSR count). The number of rotatable bonds is 6. The van der Waals surface area contributed by atoms with Crippen LogP contribution in [0.4, 0.5) is 11.5 Å². The zero-order valence-corrected chi connectivity index (χ0v) is 11.6. The number of carbonyl (C=O) groups excluding carboxylic acids is 1. The van der Waals surface area contributed by atoms with E-state index in [-0.39, 0.29) is 5.97 Å². The van der Waals surface area contributed by atoms with Gasteiger partial charge in [-0.2, -0.15) is 0 Å². The molecule has 1 aromatic rings. The van der Waals surface area contributed by atoms with Gasteiger partial charge in [-0.15, -0.1) is 0 Å². The van der Waals surface area contributed by atoms with Crippen molar-refractivity contribution in [2.24, 2.45) is 5.92 Å². The number of nitrogens with zero attached hydrogens (tertiary/aromatic N) is 2. The van der Waals surface area contributed by atoms with Crippen molar-refractivity contribution in [2.75, 3.05) is 30.3 Å². The van der Waals surface area contributed by atoms with E-state index in [9.17, 15) is 4.79 Å². The van der Waals surface area contributed by atoms with Crippen LogP contribution in [0.3, 0.4) is 0 Å². The molecule has 0 aromatic carbocycles. The smallest absolute Gasteiger partial charge is 0.341 e. The molecule has 1 aliphatic carbocycles. The number of nitrogen functional groups attached to an aromatic ring is 1. The maximum absolute atomic E-state index is 12.0. The molecular weight excluding hydrogens is 242 g/mol. The van der Waals surface area contributed by atoms with E-state index in [0.29, 0.717) is 23.7 Å². The van der Waals surface area contributed by atoms with Crippen molar-refractivity contribution in [3.8, 4) is 0 Å². The molecule has 2 N–H and O–H groups in total. The van der Waals surface area contributed by atoms with Gasteiger partial charge in [0.15, 0.2) is 0 Å². The molecule has 5 heteroatoms. The summed E-state index contributed by atoms with van der Waals surface area (Å²) in [5.74, 6) is 1.06. The van der Waals surface area contributed by atoms with Gasteiger partial charge in [0.2, 0.25) is 0 Å². The Hall–Kier alpha value is -1.78. The summed E-state index contributed by atoms with van der Waals surface area (Å²) in [4.78, 5) is 18.5. The van der Waals surface area contributed by atoms with Crippen molar-refractivity contribution in [2.45, 2.75) is 26.7 Å². The van der Waals surface area contributed by atoms with Crippen molar-refractivity contribution < 1.29 is 9.53 Å². The third-order valence-corrected chi connectivity index (χ3v) is 3.24. The average Bonchev–Trinajstić information content (AvgIpc) is 3.20. The number of esters is 1. The summed E-state index contributed by atoms with van der Waals surface area (Å²) in [5, 5.41) is 0. The second kappa shape index (κ2) is 5.91. The van der Waals surface area contributed by atoms with Crippen LogP contribution in [0.1, 0.15) is 37.0 Å². The van der Waals surface area contributed by atoms with Gasteiger partial charge in [-0.05, 0) is 38.7 Å². The molecule has 1 saturated carbocycles. The second-order valence-corrected chi connectivity index (χ2v) is 4.84. The molecule has 1 aliphatic rings. The number of hydrogen-bond donors (Lipinski definition) is 1. The lowest BCUT2D eigenvalue weighted by atomic mass is 10.2. The molecule has 0 saturated heterocycles. The van der Waals surface area contributed by atoms with Gasteiger partial charge in [0.05, 0.1) is 18.5 Å². The number of nitrogens with two attached hydrogens (primary N) is 1. The first-order chi connectivity index (χ1) is 9.15. The lowest BCUT2D eigenvalue weighted by molar-refractivity contribution is 0.0526. The third-order valence-electron chi connectivity index (χ3n) is 3.24. The normalized spacial score (nSPS) is 14.2. The van der Waals surface area contributed by atoms with E-state index < -0.39 is 0 Å². The Morgan fingerprint density at radius 1 is 1.53 bits per heavy atom. The van der Waals surface area contributed by atoms with Crippen LogP contribution in [0, 0.1) is 5.92 Å². The molecule has 0 amide bonds. The first kappa shape index (κ1) is 13.6. The molecule has 0 bridgehead atoms. The maximum atomic E-state index is 12.0. The average molecular weight is 263 g/mol. The van der Waals surface area contributed by atoms with Gasteiger partial charge < -0.3 is 15.4 Å². The summed E-state index contributed by atoms with van der Waals surface area (Å²) >= 11 is 0. The van der Waals surface area contributed by atoms with Gasteiger partial charge in [0.1, 0.15) is 11.4 Å². The van der Waals surface area contributed by atoms with E-state index in [1.807, 2.05) is 0 Å². The summed E-state index contributed by atoms with van der Waals surface area (Å²) in [7, 11) is 0. The van der Waals surface area contributed by atoms with E-state index in [1.165, 1.54) is 12.8 Å². The number of carbonyl (C=O) groups is 1. The van der Waals surface area contributed by atoms with Gasteiger partial charge in [0.25, 0.3) is 0 Å². The zero-order chi connectivity index (χ0) is 13.8. The maximum Gasteiger partial charge on any atom is 0.341 e. The first-order valence-corrected chi connectivity index (χ1v) is 6.83. The van der Waals surface area contributed by atoms with Crippen molar-refractivity contribution >= 4 is 17.5 Å². The molecule has 0 atom stereocenters. The summed E-state index contributed by atoms with van der Waals surface area (Å²) in [6.07, 6.45) is 4.12. The molecule has 0 aliphatic heterocycles. The molecule has 0 radical (unpaired) electrons. The topological polar surface area (TPSA) is 68.5 Å². The number of aromatic nitrogens is 1. The Morgan fingerprint density at radius 2 is 2.26 bits per heavy atom. The zero-order valence-electron chi connectivity index (χ0n) is 11.6. The van der Waals surface area contributed by atoms with Gasteiger partial charge in [-0.1, -0.05) is 0 Å². The van der Waals surface area contributed by atoms with Crippen LogP contribution in [0.5, 0.6) is 0 Å². The summed E-state index contributed by atoms with van der Waals surface area (Å²) in [5.41, 5.74) is 6.67. The standard InChI is InChI=1S/C14H21N3O2/c1-3-17(9-10-5-6-10)13-12(14(18)19-4-2)7-11(15)8-16-13/h7-8,10H,3-6,9,15H2,1-2H3. The molecule has 0 spiro atoms. The highest BCUT2D eigenvalue weighted by atomic mass is 16.5. The quantitative estimate of drug-likeness (QED) is 0.796. The largest absolute Gasteiger partial charge is 0.462 e. The summed E-state index contributed by atoms with van der Waals surface area (Å²) < 4.78 is 5.08. The van der Waals surface area contributed by atoms with E-state index in [4.69, 9.17) is 10.5 Å². The highest BCUT2D eigenvalue weighted by Crippen LogP contribution is 2.32. The second-order valence-electron chi connectivity index (χ2n) is 4.84. The van der Waals surface area contributed by atoms with Crippen LogP contribution in [-0.2, 0) is 4.74 Å². The lowest BCUT2D eigenvalue weighted by Crippen LogP contribution is -2.28. The summed E-state index contributed by atoms with van der Waals surface area (Å²) in [6, 6.07) is 1.65. The van der Waals surface area contributed by atoms with Crippen LogP contribution in [0.15, 0.2) is 12.3 Å². The predicted molar refractivity (Wildman–Crippen MR) is 75.2 cm³/mol. The van der Waals surface area contributed by atoms with Crippen LogP contribution in [0.2, 0.25) is 0 Å². The fourth-order valence-corrected chi connectivity index (χ4v) is 2.06. The molecule has 104 valence electrons. The summed E-state index contributed by atoms with van der Waals surface area (Å²) in [6.45, 7) is 5.97. The van der Waals surface area contributed by atoms with Crippen molar-refractivity contribution in [1.82, 2.24) is 4.98 Å². The highest BCUT2D eigenvalue weighted by molar-refractivity contribution is 5.95. The Balaban J connectivity index is 2.28. The molecule has 1 fully saturated rings. The molecule has 19 heavy (non-hydrogen) atoms. The van der Waals surface area contributed by atoms with Gasteiger partial charge in [-0.25, -0.2) is 9.78 Å². The van der Waals surface area contributed by atoms with Gasteiger partial charge >= 0.3 is 5.97 Å². The number of ether oxygens (including phenoxy) is 1. The Morgan fingerprint density at radius 3 is 2.84 bits per heavy atom. The van der Waals surface area contributed by atoms with E-state index in [1.54, 1.807) is 19.2 Å². The Bertz CT molecular complexity index is 458. The molecule has 0 unspecified atom stereocenters. The monoisotopic (exact) mass is 263 g/mol. The van der Waals surface area contributed by atoms with Gasteiger partial charge in [-0.3, -0.25) is 0 Å². The highest BCUT2D eigenvalue weighted by Gasteiger charge is 2.26. The van der Waals surface area contributed by atoms with Crippen LogP contribution in [-0.4, -0.2) is 30.6 Å². The van der Waals surface area contributed by atoms with E-state index >= 15 is 0 Å². The third kappa shape index (κ3) is 3.36. The first-order valence-electron chi connectivity index (χ1n) is 6.83. The molecule has 1 aromatic heterocycles. The van der Waals surface area contributed by atoms with Crippen molar-refractivity contribution in [1.29, 1.82) is 0 Å². The minimum Gasteiger partial charge on any atom is -0.462 e. The van der Waals surface area contributed by atoms with Crippen molar-refractivity contribution in [3.05, 3.63) is 17.8 Å². The van der Waals surface area contributed by atoms with E-state index in [0.717, 1.165) is 19.0 Å². The number of hydrogen-bond acceptors (Lipinski definition) is 5. The fourth-order valence-electron chi connectivity index (χ4n) is 2.06. The number of pyridine rings is 1. The minimum atomic E-state index is -0.355. The Kier molecular flexibility index (Phi) is 4.24. The van der Waals surface area contributed by atoms with Crippen molar-refractivity contribution in [3.63, 3.8) is 0 Å². The van der Waals surface area contributed by atoms with Crippen LogP contribution in [0.25, 0.3) is 0 Å². The molecule has 1 heterocycles. The molecular formula is C14H21N3O2. The van der Waals surface area contributed by atoms with Crippen LogP contribution < -0.4 is 10.6 Å². The van der Waals surface area contributed by atoms with Crippen LogP contribution >= 0.6 is 0 Å². The lowest BCUT2D eigenvalue weighted by Gasteiger charge is -2.24. The minimum absolute atomic E-state index is 0.349. The van der Waals surface area contributed by atoms with Gasteiger partial charge in [0, 0.05) is 13.1 Å².